The van der Waals surface area contributed by atoms with Gasteiger partial charge in [0.1, 0.15) is 0 Å². The highest BCUT2D eigenvalue weighted by Crippen LogP contribution is 2.36. The first-order chi connectivity index (χ1) is 12.2. The summed E-state index contributed by atoms with van der Waals surface area (Å²) in [6.45, 7) is 3.61. The summed E-state index contributed by atoms with van der Waals surface area (Å²) in [6.07, 6.45) is 2.33. The lowest BCUT2D eigenvalue weighted by Gasteiger charge is -2.07. The van der Waals surface area contributed by atoms with Gasteiger partial charge in [-0.05, 0) is 49.2 Å². The van der Waals surface area contributed by atoms with Gasteiger partial charge in [-0.3, -0.25) is 0 Å². The number of pyridine rings is 1. The summed E-state index contributed by atoms with van der Waals surface area (Å²) in [5.41, 5.74) is 3.26. The second kappa shape index (κ2) is 6.28. The Bertz CT molecular complexity index is 1140. The van der Waals surface area contributed by atoms with Gasteiger partial charge < -0.3 is 5.11 Å². The van der Waals surface area contributed by atoms with Gasteiger partial charge in [0.15, 0.2) is 15.7 Å². The first kappa shape index (κ1) is 17.6. The smallest absolute Gasteiger partial charge is 0.224 e. The molecule has 2 heterocycles. The van der Waals surface area contributed by atoms with E-state index in [4.69, 9.17) is 5.26 Å². The Kier molecular flexibility index (Phi) is 4.26. The molecule has 0 radical (unpaired) electrons. The van der Waals surface area contributed by atoms with Crippen molar-refractivity contribution in [1.29, 1.82) is 5.26 Å². The summed E-state index contributed by atoms with van der Waals surface area (Å²) in [6, 6.07) is 10.2. The molecule has 0 aliphatic rings. The number of nitrogens with zero attached hydrogens (tertiary/aromatic N) is 4. The van der Waals surface area contributed by atoms with E-state index in [-0.39, 0.29) is 10.8 Å². The van der Waals surface area contributed by atoms with Gasteiger partial charge in [0, 0.05) is 12.5 Å². The van der Waals surface area contributed by atoms with Crippen molar-refractivity contribution in [1.82, 2.24) is 14.8 Å². The van der Waals surface area contributed by atoms with Gasteiger partial charge in [-0.25, -0.2) is 13.4 Å². The van der Waals surface area contributed by atoms with Crippen LogP contribution in [0.3, 0.4) is 0 Å². The third kappa shape index (κ3) is 3.05. The van der Waals surface area contributed by atoms with E-state index in [1.165, 1.54) is 23.0 Å². The van der Waals surface area contributed by atoms with E-state index >= 15 is 0 Å². The second-order valence-corrected chi connectivity index (χ2v) is 7.98. The predicted molar refractivity (Wildman–Crippen MR) is 95.8 cm³/mol. The lowest BCUT2D eigenvalue weighted by Crippen LogP contribution is -2.02. The fraction of sp³-hybridized carbons (Fsp3) is 0.167. The van der Waals surface area contributed by atoms with Gasteiger partial charge in [-0.15, -0.1) is 0 Å². The summed E-state index contributed by atoms with van der Waals surface area (Å²) < 4.78 is 24.4. The third-order valence-corrected chi connectivity index (χ3v) is 5.12. The van der Waals surface area contributed by atoms with Crippen molar-refractivity contribution in [2.24, 2.45) is 0 Å². The Morgan fingerprint density at radius 3 is 2.46 bits per heavy atom. The van der Waals surface area contributed by atoms with Crippen molar-refractivity contribution >= 4 is 9.84 Å². The summed E-state index contributed by atoms with van der Waals surface area (Å²) in [7, 11) is -3.35. The average Bonchev–Trinajstić information content (AvgIpc) is 2.89. The molecule has 0 aliphatic carbocycles. The standard InChI is InChI=1S/C18H16N4O3S/c1-11-8-13(9-19)4-6-15(11)17-12(2)21-22(18(17)23)16-7-5-14(10-20-16)26(3,24)25/h4-8,10,23H,1-3H3. The molecule has 3 rings (SSSR count). The van der Waals surface area contributed by atoms with Gasteiger partial charge in [-0.2, -0.15) is 15.0 Å². The molecule has 0 saturated heterocycles. The summed E-state index contributed by atoms with van der Waals surface area (Å²) in [4.78, 5) is 4.18. The maximum atomic E-state index is 11.5. The Morgan fingerprint density at radius 1 is 1.19 bits per heavy atom. The molecule has 0 aliphatic heterocycles. The molecule has 8 heteroatoms. The number of aromatic hydroxyl groups is 1. The number of benzene rings is 1. The Labute approximate surface area is 151 Å². The van der Waals surface area contributed by atoms with E-state index in [1.54, 1.807) is 25.1 Å². The van der Waals surface area contributed by atoms with Gasteiger partial charge in [-0.1, -0.05) is 6.07 Å². The quantitative estimate of drug-likeness (QED) is 0.761. The minimum Gasteiger partial charge on any atom is -0.493 e. The van der Waals surface area contributed by atoms with Crippen molar-refractivity contribution in [3.63, 3.8) is 0 Å². The van der Waals surface area contributed by atoms with Gasteiger partial charge >= 0.3 is 0 Å². The maximum Gasteiger partial charge on any atom is 0.224 e. The largest absolute Gasteiger partial charge is 0.493 e. The molecular formula is C18H16N4O3S. The van der Waals surface area contributed by atoms with Crippen LogP contribution in [-0.2, 0) is 9.84 Å². The number of rotatable bonds is 3. The molecule has 2 aromatic heterocycles. The van der Waals surface area contributed by atoms with Crippen molar-refractivity contribution in [3.8, 4) is 28.9 Å². The van der Waals surface area contributed by atoms with Crippen LogP contribution in [0.15, 0.2) is 41.4 Å². The Morgan fingerprint density at radius 2 is 1.92 bits per heavy atom. The molecule has 3 aromatic rings. The molecular weight excluding hydrogens is 352 g/mol. The van der Waals surface area contributed by atoms with Crippen LogP contribution in [0.4, 0.5) is 0 Å². The van der Waals surface area contributed by atoms with E-state index in [1.807, 2.05) is 6.92 Å². The predicted octanol–water partition coefficient (Wildman–Crippen LogP) is 2.53. The fourth-order valence-corrected chi connectivity index (χ4v) is 3.28. The number of hydrogen-bond donors (Lipinski definition) is 1. The summed E-state index contributed by atoms with van der Waals surface area (Å²) in [5.74, 6) is 0.200. The lowest BCUT2D eigenvalue weighted by molar-refractivity contribution is 0.433. The van der Waals surface area contributed by atoms with E-state index in [0.717, 1.165) is 17.4 Å². The number of sulfone groups is 1. The van der Waals surface area contributed by atoms with Crippen LogP contribution in [0.5, 0.6) is 5.88 Å². The minimum atomic E-state index is -3.35. The fourth-order valence-electron chi connectivity index (χ4n) is 2.72. The van der Waals surface area contributed by atoms with E-state index in [2.05, 4.69) is 16.2 Å². The molecule has 132 valence electrons. The highest BCUT2D eigenvalue weighted by atomic mass is 32.2. The molecule has 0 saturated carbocycles. The van der Waals surface area contributed by atoms with Crippen molar-refractivity contribution in [3.05, 3.63) is 53.3 Å². The van der Waals surface area contributed by atoms with Crippen LogP contribution in [0.1, 0.15) is 16.8 Å². The van der Waals surface area contributed by atoms with E-state index in [9.17, 15) is 13.5 Å². The zero-order chi connectivity index (χ0) is 19.1. The lowest BCUT2D eigenvalue weighted by atomic mass is 9.99. The molecule has 7 nitrogen and oxygen atoms in total. The molecule has 0 spiro atoms. The Hall–Kier alpha value is -3.18. The summed E-state index contributed by atoms with van der Waals surface area (Å²) >= 11 is 0. The van der Waals surface area contributed by atoms with Crippen LogP contribution in [0.2, 0.25) is 0 Å². The molecule has 0 fully saturated rings. The number of aromatic nitrogens is 3. The highest BCUT2D eigenvalue weighted by Gasteiger charge is 2.20. The van der Waals surface area contributed by atoms with E-state index < -0.39 is 9.84 Å². The normalized spacial score (nSPS) is 11.3. The molecule has 1 aromatic carbocycles. The average molecular weight is 368 g/mol. The number of hydrogen-bond acceptors (Lipinski definition) is 6. The van der Waals surface area contributed by atoms with Crippen LogP contribution in [0, 0.1) is 25.2 Å². The molecule has 0 unspecified atom stereocenters. The van der Waals surface area contributed by atoms with Gasteiger partial charge in [0.25, 0.3) is 0 Å². The van der Waals surface area contributed by atoms with Crippen molar-refractivity contribution in [2.75, 3.05) is 6.26 Å². The third-order valence-electron chi connectivity index (χ3n) is 4.03. The highest BCUT2D eigenvalue weighted by molar-refractivity contribution is 7.90. The minimum absolute atomic E-state index is 0.0905. The first-order valence-corrected chi connectivity index (χ1v) is 9.57. The molecule has 0 bridgehead atoms. The zero-order valence-electron chi connectivity index (χ0n) is 14.4. The van der Waals surface area contributed by atoms with Gasteiger partial charge in [0.05, 0.1) is 27.8 Å². The second-order valence-electron chi connectivity index (χ2n) is 5.96. The van der Waals surface area contributed by atoms with Crippen LogP contribution in [0.25, 0.3) is 16.9 Å². The molecule has 1 N–H and O–H groups in total. The molecule has 0 amide bonds. The monoisotopic (exact) mass is 368 g/mol. The molecule has 0 atom stereocenters. The maximum absolute atomic E-state index is 11.5. The number of aryl methyl sites for hydroxylation is 2. The van der Waals surface area contributed by atoms with Crippen molar-refractivity contribution in [2.45, 2.75) is 18.7 Å². The first-order valence-electron chi connectivity index (χ1n) is 7.68. The van der Waals surface area contributed by atoms with Crippen LogP contribution < -0.4 is 0 Å². The van der Waals surface area contributed by atoms with Gasteiger partial charge in [0.2, 0.25) is 5.88 Å². The van der Waals surface area contributed by atoms with Crippen molar-refractivity contribution < 1.29 is 13.5 Å². The number of nitriles is 1. The van der Waals surface area contributed by atoms with E-state index in [0.29, 0.717) is 22.6 Å². The Balaban J connectivity index is 2.11. The van der Waals surface area contributed by atoms with Crippen LogP contribution in [-0.4, -0.2) is 34.5 Å². The molecule has 26 heavy (non-hydrogen) atoms. The zero-order valence-corrected chi connectivity index (χ0v) is 15.2. The summed E-state index contributed by atoms with van der Waals surface area (Å²) in [5, 5.41) is 24.0. The SMILES string of the molecule is Cc1cc(C#N)ccc1-c1c(C)nn(-c2ccc(S(C)(=O)=O)cn2)c1O. The topological polar surface area (TPSA) is 109 Å². The van der Waals surface area contributed by atoms with Crippen LogP contribution >= 0.6 is 0 Å².